The highest BCUT2D eigenvalue weighted by molar-refractivity contribution is 6.29. The molecule has 5 aromatic rings. The van der Waals surface area contributed by atoms with Crippen molar-refractivity contribution in [2.75, 3.05) is 39.3 Å². The lowest BCUT2D eigenvalue weighted by atomic mass is 9.72. The predicted octanol–water partition coefficient (Wildman–Crippen LogP) is 4.56. The third kappa shape index (κ3) is 5.70. The monoisotopic (exact) mass is 808 g/mol. The van der Waals surface area contributed by atoms with Crippen LogP contribution < -0.4 is 16.0 Å². The van der Waals surface area contributed by atoms with Crippen LogP contribution in [0.2, 0.25) is 5.15 Å². The van der Waals surface area contributed by atoms with Gasteiger partial charge in [-0.1, -0.05) is 11.6 Å². The number of carbonyl (C=O) groups excluding carboxylic acids is 3. The molecule has 5 aromatic heterocycles. The van der Waals surface area contributed by atoms with Crippen molar-refractivity contribution >= 4 is 29.5 Å². The molecule has 2 saturated heterocycles. The first-order valence-electron chi connectivity index (χ1n) is 19.3. The van der Waals surface area contributed by atoms with E-state index in [4.69, 9.17) is 16.3 Å². The number of pyridine rings is 2. The summed E-state index contributed by atoms with van der Waals surface area (Å²) in [6, 6.07) is 4.22. The Morgan fingerprint density at radius 2 is 1.45 bits per heavy atom. The van der Waals surface area contributed by atoms with Gasteiger partial charge in [-0.15, -0.1) is 0 Å². The molecule has 9 heterocycles. The van der Waals surface area contributed by atoms with E-state index in [9.17, 15) is 23.2 Å². The third-order valence-corrected chi connectivity index (χ3v) is 12.3. The minimum absolute atomic E-state index is 0.0371. The summed E-state index contributed by atoms with van der Waals surface area (Å²) in [5.74, 6) is -1.83. The van der Waals surface area contributed by atoms with E-state index < -0.39 is 17.5 Å². The third-order valence-electron chi connectivity index (χ3n) is 12.1. The largest absolute Gasteiger partial charge is 0.444 e. The lowest BCUT2D eigenvalue weighted by Crippen LogP contribution is -2.67. The van der Waals surface area contributed by atoms with Gasteiger partial charge in [-0.2, -0.15) is 13.8 Å². The Balaban J connectivity index is 0.000000141. The fourth-order valence-electron chi connectivity index (χ4n) is 9.22. The zero-order chi connectivity index (χ0) is 40.3. The fraction of sp³-hybridized carbons (Fsp3) is 0.390. The van der Waals surface area contributed by atoms with Gasteiger partial charge in [0, 0.05) is 68.6 Å². The zero-order valence-corrected chi connectivity index (χ0v) is 32.7. The molecule has 11 rings (SSSR count). The first kappa shape index (κ1) is 36.6. The highest BCUT2D eigenvalue weighted by Gasteiger charge is 2.54. The number of hydrogen-bond donors (Lipinski definition) is 5. The molecule has 3 amide bonds. The molecule has 58 heavy (non-hydrogen) atoms. The Labute approximate surface area is 336 Å². The number of aryl methyl sites for hydroxylation is 2. The maximum atomic E-state index is 14.2. The number of fused-ring (bicyclic) bond motifs is 12. The molecular weight excluding hydrogens is 770 g/mol. The second kappa shape index (κ2) is 12.9. The van der Waals surface area contributed by atoms with Gasteiger partial charge in [0.1, 0.15) is 10.8 Å². The van der Waals surface area contributed by atoms with Crippen molar-refractivity contribution in [1.82, 2.24) is 50.8 Å². The zero-order valence-electron chi connectivity index (χ0n) is 32.0. The van der Waals surface area contributed by atoms with E-state index in [1.165, 1.54) is 6.07 Å². The Morgan fingerprint density at radius 1 is 0.810 bits per heavy atom. The van der Waals surface area contributed by atoms with Crippen LogP contribution in [-0.4, -0.2) is 97.6 Å². The summed E-state index contributed by atoms with van der Waals surface area (Å²) in [6.07, 6.45) is 6.16. The SMILES string of the molecule is CC(C)(C)OC(=O)N1CC2(CNC(=O)c3c2[nH]c2c3CCc3cnc(Cl)cc3-2)C1.O=C1NCC2(CNC2)c2[nH]c3c(c21)CCc1cnc(-c2ccc(F)nc2F)nc1-3. The van der Waals surface area contributed by atoms with E-state index in [1.54, 1.807) is 11.1 Å². The topological polar surface area (TPSA) is 183 Å². The van der Waals surface area contributed by atoms with E-state index in [1.807, 2.05) is 33.0 Å². The molecule has 0 aromatic carbocycles. The number of rotatable bonds is 1. The summed E-state index contributed by atoms with van der Waals surface area (Å²) in [5, 5.41) is 9.78. The van der Waals surface area contributed by atoms with E-state index in [0.717, 1.165) is 88.2 Å². The first-order chi connectivity index (χ1) is 27.7. The predicted molar refractivity (Wildman–Crippen MR) is 208 cm³/mol. The molecule has 4 aliphatic heterocycles. The number of likely N-dealkylation sites (tertiary alicyclic amines) is 1. The Kier molecular flexibility index (Phi) is 8.13. The maximum absolute atomic E-state index is 14.2. The Morgan fingerprint density at radius 3 is 2.12 bits per heavy atom. The second-order valence-electron chi connectivity index (χ2n) is 17.0. The number of amides is 3. The minimum Gasteiger partial charge on any atom is -0.444 e. The highest BCUT2D eigenvalue weighted by Crippen LogP contribution is 2.46. The number of carbonyl (C=O) groups is 3. The molecule has 0 radical (unpaired) electrons. The Bertz CT molecular complexity index is 2610. The van der Waals surface area contributed by atoms with Gasteiger partial charge in [-0.25, -0.2) is 19.7 Å². The molecule has 5 N–H and O–H groups in total. The van der Waals surface area contributed by atoms with Crippen LogP contribution in [0.5, 0.6) is 0 Å². The number of halogens is 3. The molecule has 17 heteroatoms. The van der Waals surface area contributed by atoms with E-state index in [2.05, 4.69) is 45.9 Å². The number of aromatic amines is 2. The summed E-state index contributed by atoms with van der Waals surface area (Å²) in [6.45, 7) is 9.29. The second-order valence-corrected chi connectivity index (χ2v) is 17.4. The van der Waals surface area contributed by atoms with Crippen molar-refractivity contribution in [3.8, 4) is 34.0 Å². The fourth-order valence-corrected chi connectivity index (χ4v) is 9.38. The number of nitrogens with zero attached hydrogens (tertiary/aromatic N) is 5. The maximum Gasteiger partial charge on any atom is 0.410 e. The summed E-state index contributed by atoms with van der Waals surface area (Å²) in [4.78, 5) is 62.8. The average molecular weight is 809 g/mol. The first-order valence-corrected chi connectivity index (χ1v) is 19.7. The quantitative estimate of drug-likeness (QED) is 0.152. The van der Waals surface area contributed by atoms with Gasteiger partial charge in [0.05, 0.1) is 44.6 Å². The number of hydrogen-bond acceptors (Lipinski definition) is 9. The van der Waals surface area contributed by atoms with E-state index in [-0.39, 0.29) is 40.1 Å². The normalized spacial score (nSPS) is 18.8. The van der Waals surface area contributed by atoms with Crippen LogP contribution in [0, 0.1) is 11.9 Å². The molecule has 0 bridgehead atoms. The molecule has 2 spiro atoms. The molecular formula is C41H39ClF2N10O4. The van der Waals surface area contributed by atoms with Gasteiger partial charge in [-0.3, -0.25) is 9.59 Å². The number of nitrogens with one attached hydrogen (secondary N) is 5. The molecule has 2 fully saturated rings. The number of aromatic nitrogens is 6. The van der Waals surface area contributed by atoms with Crippen LogP contribution >= 0.6 is 11.6 Å². The van der Waals surface area contributed by atoms with Gasteiger partial charge < -0.3 is 35.6 Å². The highest BCUT2D eigenvalue weighted by atomic mass is 35.5. The van der Waals surface area contributed by atoms with Gasteiger partial charge in [0.2, 0.25) is 11.9 Å². The van der Waals surface area contributed by atoms with Gasteiger partial charge in [0.15, 0.2) is 5.82 Å². The van der Waals surface area contributed by atoms with Crippen molar-refractivity contribution < 1.29 is 27.9 Å². The van der Waals surface area contributed by atoms with Gasteiger partial charge >= 0.3 is 6.09 Å². The van der Waals surface area contributed by atoms with E-state index in [0.29, 0.717) is 55.4 Å². The Hall–Kier alpha value is -5.74. The van der Waals surface area contributed by atoms with Crippen LogP contribution in [0.4, 0.5) is 13.6 Å². The van der Waals surface area contributed by atoms with Crippen molar-refractivity contribution in [2.45, 2.75) is 62.9 Å². The molecule has 0 atom stereocenters. The van der Waals surface area contributed by atoms with Crippen LogP contribution in [0.15, 0.2) is 30.6 Å². The lowest BCUT2D eigenvalue weighted by Gasteiger charge is -2.51. The van der Waals surface area contributed by atoms with Crippen LogP contribution in [0.3, 0.4) is 0 Å². The van der Waals surface area contributed by atoms with Crippen LogP contribution in [0.25, 0.3) is 34.0 Å². The van der Waals surface area contributed by atoms with E-state index >= 15 is 0 Å². The summed E-state index contributed by atoms with van der Waals surface area (Å²) < 4.78 is 32.8. The smallest absolute Gasteiger partial charge is 0.410 e. The molecule has 298 valence electrons. The van der Waals surface area contributed by atoms with Crippen molar-refractivity contribution in [3.63, 3.8) is 0 Å². The van der Waals surface area contributed by atoms with Crippen molar-refractivity contribution in [3.05, 3.63) is 92.4 Å². The number of H-pyrrole nitrogens is 2. The average Bonchev–Trinajstić information content (AvgIpc) is 3.75. The molecule has 2 aliphatic carbocycles. The lowest BCUT2D eigenvalue weighted by molar-refractivity contribution is -0.0113. The van der Waals surface area contributed by atoms with Crippen LogP contribution in [0.1, 0.15) is 75.1 Å². The van der Waals surface area contributed by atoms with Gasteiger partial charge in [0.25, 0.3) is 11.8 Å². The standard InChI is InChI=1S/C21H23ClN4O3.C20H16F2N6O/c1-20(2,3)29-19(28)26-9-21(10-26)8-24-18(27)15-12-5-4-11-7-23-14(22)6-13(11)16(12)25-17(15)21;21-12-4-3-11(17(22)26-12)18-24-5-9-1-2-10-13-16(27-15(10)14(9)28-18)20(6-23-7-20)8-25-19(13)29/h6-7,25H,4-5,8-10H2,1-3H3,(H,24,27);3-5,23,27H,1-2,6-8H2,(H,25,29). The minimum atomic E-state index is -0.953. The number of ether oxygens (including phenoxy) is 1. The van der Waals surface area contributed by atoms with Crippen molar-refractivity contribution in [2.24, 2.45) is 0 Å². The molecule has 14 nitrogen and oxygen atoms in total. The summed E-state index contributed by atoms with van der Waals surface area (Å²) in [5.41, 5.74) is 9.82. The van der Waals surface area contributed by atoms with Crippen molar-refractivity contribution in [1.29, 1.82) is 0 Å². The summed E-state index contributed by atoms with van der Waals surface area (Å²) >= 11 is 6.14. The molecule has 0 saturated carbocycles. The summed E-state index contributed by atoms with van der Waals surface area (Å²) in [7, 11) is 0. The molecule has 6 aliphatic rings. The van der Waals surface area contributed by atoms with Gasteiger partial charge in [-0.05, 0) is 86.9 Å². The molecule has 0 unspecified atom stereocenters. The van der Waals surface area contributed by atoms with Crippen LogP contribution in [-0.2, 0) is 41.3 Å².